The van der Waals surface area contributed by atoms with E-state index < -0.39 is 4.92 Å². The van der Waals surface area contributed by atoms with Crippen LogP contribution in [0.2, 0.25) is 0 Å². The van der Waals surface area contributed by atoms with Crippen molar-refractivity contribution in [1.82, 2.24) is 10.6 Å². The molecule has 0 aliphatic carbocycles. The Hall–Kier alpha value is -2.15. The van der Waals surface area contributed by atoms with Gasteiger partial charge in [-0.15, -0.1) is 0 Å². The zero-order valence-corrected chi connectivity index (χ0v) is 12.3. The van der Waals surface area contributed by atoms with E-state index >= 15 is 0 Å². The molecule has 0 spiro atoms. The predicted octanol–water partition coefficient (Wildman–Crippen LogP) is 1.80. The number of nitro benzene ring substituents is 1. The van der Waals surface area contributed by atoms with Gasteiger partial charge in [0.05, 0.1) is 4.92 Å². The second-order valence-electron chi connectivity index (χ2n) is 5.60. The van der Waals surface area contributed by atoms with Crippen molar-refractivity contribution >= 4 is 11.7 Å². The topological polar surface area (TPSA) is 104 Å². The number of nitrogens with one attached hydrogen (secondary N) is 2. The molecule has 1 aromatic rings. The molecule has 0 heterocycles. The lowest BCUT2D eigenvalue weighted by atomic mass is 9.90. The van der Waals surface area contributed by atoms with Gasteiger partial charge >= 0.3 is 6.03 Å². The zero-order chi connectivity index (χ0) is 15.9. The Bertz CT molecular complexity index is 503. The molecule has 21 heavy (non-hydrogen) atoms. The highest BCUT2D eigenvalue weighted by Gasteiger charge is 2.18. The Morgan fingerprint density at radius 1 is 1.38 bits per heavy atom. The van der Waals surface area contributed by atoms with E-state index in [1.54, 1.807) is 12.1 Å². The molecule has 2 amide bonds. The van der Waals surface area contributed by atoms with Crippen LogP contribution in [-0.2, 0) is 6.54 Å². The van der Waals surface area contributed by atoms with Crippen molar-refractivity contribution in [1.29, 1.82) is 0 Å². The van der Waals surface area contributed by atoms with E-state index in [4.69, 9.17) is 5.11 Å². The van der Waals surface area contributed by atoms with Crippen LogP contribution in [0.3, 0.4) is 0 Å². The van der Waals surface area contributed by atoms with E-state index in [0.29, 0.717) is 18.5 Å². The number of nitrogens with zero attached hydrogens (tertiary/aromatic N) is 1. The summed E-state index contributed by atoms with van der Waals surface area (Å²) in [7, 11) is 0. The predicted molar refractivity (Wildman–Crippen MR) is 78.8 cm³/mol. The van der Waals surface area contributed by atoms with Crippen molar-refractivity contribution < 1.29 is 14.8 Å². The lowest BCUT2D eigenvalue weighted by Crippen LogP contribution is -2.40. The van der Waals surface area contributed by atoms with Gasteiger partial charge in [0.15, 0.2) is 0 Å². The Balaban J connectivity index is 2.43. The first-order valence-corrected chi connectivity index (χ1v) is 6.70. The number of carbonyl (C=O) groups excluding carboxylic acids is 1. The quantitative estimate of drug-likeness (QED) is 0.527. The van der Waals surface area contributed by atoms with Crippen molar-refractivity contribution in [3.05, 3.63) is 39.9 Å². The summed E-state index contributed by atoms with van der Waals surface area (Å²) >= 11 is 0. The van der Waals surface area contributed by atoms with Crippen LogP contribution in [0.4, 0.5) is 10.5 Å². The van der Waals surface area contributed by atoms with Gasteiger partial charge in [0.25, 0.3) is 5.69 Å². The maximum Gasteiger partial charge on any atom is 0.315 e. The Morgan fingerprint density at radius 2 is 2.10 bits per heavy atom. The third-order valence-corrected chi connectivity index (χ3v) is 3.09. The number of non-ortho nitro benzene ring substituents is 1. The van der Waals surface area contributed by atoms with E-state index in [-0.39, 0.29) is 30.3 Å². The first kappa shape index (κ1) is 16.9. The number of nitro groups is 1. The van der Waals surface area contributed by atoms with Crippen molar-refractivity contribution in [2.45, 2.75) is 26.8 Å². The molecule has 0 unspecified atom stereocenters. The van der Waals surface area contributed by atoms with Gasteiger partial charge in [0.1, 0.15) is 0 Å². The van der Waals surface area contributed by atoms with Crippen LogP contribution in [-0.4, -0.2) is 29.2 Å². The first-order valence-electron chi connectivity index (χ1n) is 6.70. The summed E-state index contributed by atoms with van der Waals surface area (Å²) in [5.74, 6) is 0. The van der Waals surface area contributed by atoms with Gasteiger partial charge in [-0.05, 0) is 17.4 Å². The fraction of sp³-hybridized carbons (Fsp3) is 0.500. The van der Waals surface area contributed by atoms with Crippen LogP contribution in [0.25, 0.3) is 0 Å². The Morgan fingerprint density at radius 3 is 2.71 bits per heavy atom. The fourth-order valence-electron chi connectivity index (χ4n) is 1.74. The SMILES string of the molecule is CC(C)(CCO)CNC(=O)NCc1cccc([N+](=O)[O-])c1. The van der Waals surface area contributed by atoms with Crippen molar-refractivity contribution in [3.8, 4) is 0 Å². The third kappa shape index (κ3) is 6.22. The summed E-state index contributed by atoms with van der Waals surface area (Å²) in [6.07, 6.45) is 0.595. The molecule has 3 N–H and O–H groups in total. The van der Waals surface area contributed by atoms with Crippen LogP contribution < -0.4 is 10.6 Å². The van der Waals surface area contributed by atoms with Crippen molar-refractivity contribution in [2.24, 2.45) is 5.41 Å². The van der Waals surface area contributed by atoms with Crippen LogP contribution >= 0.6 is 0 Å². The Labute approximate surface area is 123 Å². The summed E-state index contributed by atoms with van der Waals surface area (Å²) in [6, 6.07) is 5.78. The number of hydrogen-bond acceptors (Lipinski definition) is 4. The fourth-order valence-corrected chi connectivity index (χ4v) is 1.74. The lowest BCUT2D eigenvalue weighted by molar-refractivity contribution is -0.384. The van der Waals surface area contributed by atoms with E-state index in [1.807, 2.05) is 13.8 Å². The minimum Gasteiger partial charge on any atom is -0.396 e. The molecule has 0 saturated heterocycles. The summed E-state index contributed by atoms with van der Waals surface area (Å²) in [5, 5.41) is 24.9. The second kappa shape index (κ2) is 7.58. The smallest absolute Gasteiger partial charge is 0.315 e. The minimum absolute atomic E-state index is 0.00112. The number of hydrogen-bond donors (Lipinski definition) is 3. The summed E-state index contributed by atoms with van der Waals surface area (Å²) in [5.41, 5.74) is 0.477. The number of carbonyl (C=O) groups is 1. The standard InChI is InChI=1S/C14H21N3O4/c1-14(2,6-7-18)10-16-13(19)15-9-11-4-3-5-12(8-11)17(20)21/h3-5,8,18H,6-7,9-10H2,1-2H3,(H2,15,16,19). The van der Waals surface area contributed by atoms with Gasteiger partial charge in [-0.1, -0.05) is 26.0 Å². The summed E-state index contributed by atoms with van der Waals surface area (Å²) in [4.78, 5) is 21.8. The van der Waals surface area contributed by atoms with E-state index in [1.165, 1.54) is 12.1 Å². The Kier molecular flexibility index (Phi) is 6.10. The van der Waals surface area contributed by atoms with Gasteiger partial charge in [-0.25, -0.2) is 4.79 Å². The van der Waals surface area contributed by atoms with Gasteiger partial charge < -0.3 is 15.7 Å². The van der Waals surface area contributed by atoms with Crippen LogP contribution in [0.15, 0.2) is 24.3 Å². The van der Waals surface area contributed by atoms with Crippen LogP contribution in [0.1, 0.15) is 25.8 Å². The summed E-state index contributed by atoms with van der Waals surface area (Å²) in [6.45, 7) is 4.63. The molecule has 7 heteroatoms. The number of aliphatic hydroxyl groups excluding tert-OH is 1. The molecular formula is C14H21N3O4. The monoisotopic (exact) mass is 295 g/mol. The van der Waals surface area contributed by atoms with Crippen molar-refractivity contribution in [2.75, 3.05) is 13.2 Å². The van der Waals surface area contributed by atoms with Gasteiger partial charge in [0.2, 0.25) is 0 Å². The summed E-state index contributed by atoms with van der Waals surface area (Å²) < 4.78 is 0. The number of aliphatic hydroxyl groups is 1. The van der Waals surface area contributed by atoms with Gasteiger partial charge in [0, 0.05) is 31.8 Å². The lowest BCUT2D eigenvalue weighted by Gasteiger charge is -2.23. The molecule has 1 rings (SSSR count). The molecule has 0 atom stereocenters. The first-order chi connectivity index (χ1) is 9.84. The van der Waals surface area contributed by atoms with Crippen LogP contribution in [0, 0.1) is 15.5 Å². The molecule has 0 fully saturated rings. The molecule has 116 valence electrons. The molecule has 1 aromatic carbocycles. The molecule has 0 aliphatic rings. The molecule has 0 aromatic heterocycles. The average molecular weight is 295 g/mol. The maximum absolute atomic E-state index is 11.7. The highest BCUT2D eigenvalue weighted by molar-refractivity contribution is 5.73. The molecule has 7 nitrogen and oxygen atoms in total. The van der Waals surface area contributed by atoms with Gasteiger partial charge in [-0.2, -0.15) is 0 Å². The van der Waals surface area contributed by atoms with Gasteiger partial charge in [-0.3, -0.25) is 10.1 Å². The normalized spacial score (nSPS) is 11.0. The zero-order valence-electron chi connectivity index (χ0n) is 12.3. The molecule has 0 aliphatic heterocycles. The van der Waals surface area contributed by atoms with Crippen molar-refractivity contribution in [3.63, 3.8) is 0 Å². The van der Waals surface area contributed by atoms with Crippen LogP contribution in [0.5, 0.6) is 0 Å². The van der Waals surface area contributed by atoms with E-state index in [2.05, 4.69) is 10.6 Å². The second-order valence-corrected chi connectivity index (χ2v) is 5.60. The highest BCUT2D eigenvalue weighted by Crippen LogP contribution is 2.17. The molecule has 0 saturated carbocycles. The largest absolute Gasteiger partial charge is 0.396 e. The minimum atomic E-state index is -0.471. The number of rotatable bonds is 7. The average Bonchev–Trinajstić information content (AvgIpc) is 2.43. The molecule has 0 bridgehead atoms. The number of benzene rings is 1. The maximum atomic E-state index is 11.7. The number of amides is 2. The van der Waals surface area contributed by atoms with E-state index in [9.17, 15) is 14.9 Å². The highest BCUT2D eigenvalue weighted by atomic mass is 16.6. The number of urea groups is 1. The van der Waals surface area contributed by atoms with E-state index in [0.717, 1.165) is 0 Å². The third-order valence-electron chi connectivity index (χ3n) is 3.09. The molecule has 0 radical (unpaired) electrons. The molecular weight excluding hydrogens is 274 g/mol.